The first-order valence-corrected chi connectivity index (χ1v) is 6.13. The molecule has 0 bridgehead atoms. The van der Waals surface area contributed by atoms with E-state index < -0.39 is 0 Å². The number of nitrogens with zero attached hydrogens (tertiary/aromatic N) is 3. The van der Waals surface area contributed by atoms with E-state index in [9.17, 15) is 0 Å². The van der Waals surface area contributed by atoms with Crippen LogP contribution in [-0.2, 0) is 6.54 Å². The van der Waals surface area contributed by atoms with Crippen molar-refractivity contribution in [3.05, 3.63) is 29.6 Å². The van der Waals surface area contributed by atoms with Gasteiger partial charge in [-0.15, -0.1) is 10.2 Å². The molecule has 0 spiro atoms. The number of benzene rings is 1. The number of rotatable bonds is 4. The van der Waals surface area contributed by atoms with Crippen LogP contribution >= 0.6 is 0 Å². The van der Waals surface area contributed by atoms with Crippen LogP contribution < -0.4 is 14.8 Å². The minimum atomic E-state index is 0.206. The largest absolute Gasteiger partial charge is 0.497 e. The second kappa shape index (κ2) is 5.23. The summed E-state index contributed by atoms with van der Waals surface area (Å²) >= 11 is 0. The molecule has 100 valence electrons. The van der Waals surface area contributed by atoms with E-state index in [0.717, 1.165) is 23.5 Å². The van der Waals surface area contributed by atoms with Crippen LogP contribution in [-0.4, -0.2) is 34.3 Å². The molecule has 1 atom stereocenters. The highest BCUT2D eigenvalue weighted by atomic mass is 16.5. The van der Waals surface area contributed by atoms with Gasteiger partial charge in [-0.3, -0.25) is 0 Å². The molecule has 0 saturated heterocycles. The topological polar surface area (TPSA) is 85.0 Å². The lowest BCUT2D eigenvalue weighted by Crippen LogP contribution is -2.27. The van der Waals surface area contributed by atoms with Crippen LogP contribution in [0.3, 0.4) is 0 Å². The number of nitrogens with one attached hydrogen (secondary N) is 2. The summed E-state index contributed by atoms with van der Waals surface area (Å²) < 4.78 is 10.9. The number of hydrogen-bond donors (Lipinski definition) is 2. The summed E-state index contributed by atoms with van der Waals surface area (Å²) in [5, 5.41) is 17.2. The lowest BCUT2D eigenvalue weighted by molar-refractivity contribution is 0.250. The smallest absolute Gasteiger partial charge is 0.188 e. The van der Waals surface area contributed by atoms with Crippen molar-refractivity contribution in [2.75, 3.05) is 13.7 Å². The van der Waals surface area contributed by atoms with E-state index in [1.165, 1.54) is 0 Å². The molecule has 1 aliphatic rings. The monoisotopic (exact) mass is 261 g/mol. The van der Waals surface area contributed by atoms with Crippen molar-refractivity contribution in [2.45, 2.75) is 19.0 Å². The molecule has 0 amide bonds. The molecule has 1 aromatic heterocycles. The Labute approximate surface area is 110 Å². The molecule has 0 aliphatic carbocycles. The molecule has 2 N–H and O–H groups in total. The second-order valence-corrected chi connectivity index (χ2v) is 4.30. The third-order valence-corrected chi connectivity index (χ3v) is 3.15. The van der Waals surface area contributed by atoms with Gasteiger partial charge in [-0.1, -0.05) is 5.21 Å². The molecule has 1 aliphatic heterocycles. The lowest BCUT2D eigenvalue weighted by Gasteiger charge is -2.26. The summed E-state index contributed by atoms with van der Waals surface area (Å²) in [4.78, 5) is 0. The van der Waals surface area contributed by atoms with Crippen molar-refractivity contribution < 1.29 is 9.47 Å². The van der Waals surface area contributed by atoms with Gasteiger partial charge in [-0.2, -0.15) is 5.21 Å². The number of ether oxygens (including phenoxy) is 2. The highest BCUT2D eigenvalue weighted by Crippen LogP contribution is 2.34. The average Bonchev–Trinajstić information content (AvgIpc) is 2.97. The molecule has 1 unspecified atom stereocenters. The van der Waals surface area contributed by atoms with Crippen LogP contribution in [0.2, 0.25) is 0 Å². The minimum absolute atomic E-state index is 0.206. The second-order valence-electron chi connectivity index (χ2n) is 4.30. The van der Waals surface area contributed by atoms with Crippen molar-refractivity contribution >= 4 is 0 Å². The van der Waals surface area contributed by atoms with E-state index in [4.69, 9.17) is 9.47 Å². The molecule has 0 fully saturated rings. The Bertz CT molecular complexity index is 543. The van der Waals surface area contributed by atoms with E-state index in [-0.39, 0.29) is 6.04 Å². The SMILES string of the molecule is COc1ccc2c(c1)C(NCc1nn[nH]n1)CCO2. The number of fused-ring (bicyclic) bond motifs is 1. The first kappa shape index (κ1) is 11.9. The zero-order valence-corrected chi connectivity index (χ0v) is 10.6. The van der Waals surface area contributed by atoms with E-state index in [2.05, 4.69) is 25.9 Å². The average molecular weight is 261 g/mol. The molecular weight excluding hydrogens is 246 g/mol. The van der Waals surface area contributed by atoms with E-state index in [1.807, 2.05) is 18.2 Å². The molecule has 7 nitrogen and oxygen atoms in total. The Hall–Kier alpha value is -2.15. The molecule has 1 aromatic carbocycles. The van der Waals surface area contributed by atoms with Gasteiger partial charge in [0, 0.05) is 18.0 Å². The van der Waals surface area contributed by atoms with Crippen molar-refractivity contribution in [2.24, 2.45) is 0 Å². The van der Waals surface area contributed by atoms with Gasteiger partial charge in [-0.05, 0) is 18.2 Å². The van der Waals surface area contributed by atoms with Gasteiger partial charge < -0.3 is 14.8 Å². The normalized spacial score (nSPS) is 17.6. The third-order valence-electron chi connectivity index (χ3n) is 3.15. The third kappa shape index (κ3) is 2.50. The summed E-state index contributed by atoms with van der Waals surface area (Å²) in [7, 11) is 1.66. The minimum Gasteiger partial charge on any atom is -0.497 e. The molecular formula is C12H15N5O2. The molecule has 2 heterocycles. The molecule has 7 heteroatoms. The fourth-order valence-electron chi connectivity index (χ4n) is 2.18. The van der Waals surface area contributed by atoms with Crippen molar-refractivity contribution in [3.8, 4) is 11.5 Å². The summed E-state index contributed by atoms with van der Waals surface area (Å²) in [5.74, 6) is 2.38. The maximum atomic E-state index is 5.64. The number of aromatic nitrogens is 4. The van der Waals surface area contributed by atoms with Gasteiger partial charge in [0.1, 0.15) is 11.5 Å². The number of methoxy groups -OCH3 is 1. The van der Waals surface area contributed by atoms with Crippen molar-refractivity contribution in [1.82, 2.24) is 25.9 Å². The van der Waals surface area contributed by atoms with Gasteiger partial charge in [0.2, 0.25) is 0 Å². The fraction of sp³-hybridized carbons (Fsp3) is 0.417. The van der Waals surface area contributed by atoms with Crippen LogP contribution in [0.1, 0.15) is 23.9 Å². The Morgan fingerprint density at radius 3 is 3.26 bits per heavy atom. The van der Waals surface area contributed by atoms with E-state index in [0.29, 0.717) is 19.0 Å². The number of hydrogen-bond acceptors (Lipinski definition) is 6. The van der Waals surface area contributed by atoms with Gasteiger partial charge >= 0.3 is 0 Å². The zero-order valence-electron chi connectivity index (χ0n) is 10.6. The number of aromatic amines is 1. The van der Waals surface area contributed by atoms with Crippen LogP contribution in [0, 0.1) is 0 Å². The standard InChI is InChI=1S/C12H15N5O2/c1-18-8-2-3-11-9(6-8)10(4-5-19-11)13-7-12-14-16-17-15-12/h2-3,6,10,13H,4-5,7H2,1H3,(H,14,15,16,17). The van der Waals surface area contributed by atoms with Gasteiger partial charge in [-0.25, -0.2) is 0 Å². The fourth-order valence-corrected chi connectivity index (χ4v) is 2.18. The van der Waals surface area contributed by atoms with Crippen LogP contribution in [0.15, 0.2) is 18.2 Å². The molecule has 2 aromatic rings. The maximum Gasteiger partial charge on any atom is 0.188 e. The van der Waals surface area contributed by atoms with Gasteiger partial charge in [0.15, 0.2) is 5.82 Å². The first-order valence-electron chi connectivity index (χ1n) is 6.13. The molecule has 19 heavy (non-hydrogen) atoms. The van der Waals surface area contributed by atoms with Crippen molar-refractivity contribution in [1.29, 1.82) is 0 Å². The Morgan fingerprint density at radius 2 is 2.47 bits per heavy atom. The predicted octanol–water partition coefficient (Wildman–Crippen LogP) is 0.822. The van der Waals surface area contributed by atoms with Crippen LogP contribution in [0.5, 0.6) is 11.5 Å². The summed E-state index contributed by atoms with van der Waals surface area (Å²) in [6, 6.07) is 6.05. The highest BCUT2D eigenvalue weighted by Gasteiger charge is 2.22. The summed E-state index contributed by atoms with van der Waals surface area (Å²) in [5.41, 5.74) is 1.11. The van der Waals surface area contributed by atoms with Gasteiger partial charge in [0.25, 0.3) is 0 Å². The number of tetrazole rings is 1. The molecule has 0 saturated carbocycles. The first-order chi connectivity index (χ1) is 9.36. The lowest BCUT2D eigenvalue weighted by atomic mass is 10.00. The highest BCUT2D eigenvalue weighted by molar-refractivity contribution is 5.43. The Morgan fingerprint density at radius 1 is 1.53 bits per heavy atom. The van der Waals surface area contributed by atoms with E-state index in [1.54, 1.807) is 7.11 Å². The Kier molecular flexibility index (Phi) is 3.28. The Balaban J connectivity index is 1.77. The zero-order chi connectivity index (χ0) is 13.1. The summed E-state index contributed by atoms with van der Waals surface area (Å²) in [6.45, 7) is 1.26. The van der Waals surface area contributed by atoms with Crippen LogP contribution in [0.4, 0.5) is 0 Å². The van der Waals surface area contributed by atoms with Gasteiger partial charge in [0.05, 0.1) is 20.3 Å². The van der Waals surface area contributed by atoms with E-state index >= 15 is 0 Å². The quantitative estimate of drug-likeness (QED) is 0.847. The number of H-pyrrole nitrogens is 1. The molecule has 3 rings (SSSR count). The van der Waals surface area contributed by atoms with Crippen molar-refractivity contribution in [3.63, 3.8) is 0 Å². The maximum absolute atomic E-state index is 5.64. The van der Waals surface area contributed by atoms with Crippen LogP contribution in [0.25, 0.3) is 0 Å². The predicted molar refractivity (Wildman–Crippen MR) is 66.9 cm³/mol. The summed E-state index contributed by atoms with van der Waals surface area (Å²) in [6.07, 6.45) is 0.901. The molecule has 0 radical (unpaired) electrons.